The van der Waals surface area contributed by atoms with Crippen LogP contribution in [0.15, 0.2) is 76.1 Å². The molecule has 31 heavy (non-hydrogen) atoms. The Morgan fingerprint density at radius 2 is 1.71 bits per heavy atom. The summed E-state index contributed by atoms with van der Waals surface area (Å²) >= 11 is 15.3. The first-order chi connectivity index (χ1) is 14.6. The zero-order valence-corrected chi connectivity index (χ0v) is 19.8. The molecule has 1 amide bonds. The highest BCUT2D eigenvalue weighted by atomic mass is 79.9. The Balaban J connectivity index is 1.90. The van der Waals surface area contributed by atoms with Crippen LogP contribution in [-0.4, -0.2) is 25.2 Å². The van der Waals surface area contributed by atoms with E-state index in [1.54, 1.807) is 30.3 Å². The summed E-state index contributed by atoms with van der Waals surface area (Å²) < 4.78 is 41.6. The van der Waals surface area contributed by atoms with Crippen molar-refractivity contribution in [3.05, 3.63) is 92.6 Å². The molecule has 0 saturated carbocycles. The SMILES string of the molecule is O=C(CN(Cc1ccc(Cl)c(Cl)c1)S(=O)(=O)c1ccc(Br)cc1)Nc1cccc(F)c1. The normalized spacial score (nSPS) is 11.5. The van der Waals surface area contributed by atoms with Crippen molar-refractivity contribution < 1.29 is 17.6 Å². The zero-order chi connectivity index (χ0) is 22.6. The fourth-order valence-electron chi connectivity index (χ4n) is 2.75. The Morgan fingerprint density at radius 1 is 1.00 bits per heavy atom. The van der Waals surface area contributed by atoms with Crippen LogP contribution in [0.3, 0.4) is 0 Å². The van der Waals surface area contributed by atoms with Gasteiger partial charge < -0.3 is 5.32 Å². The van der Waals surface area contributed by atoms with Gasteiger partial charge in [-0.05, 0) is 60.2 Å². The maximum Gasteiger partial charge on any atom is 0.243 e. The summed E-state index contributed by atoms with van der Waals surface area (Å²) in [5.41, 5.74) is 0.772. The molecule has 0 spiro atoms. The molecule has 0 atom stereocenters. The number of hydrogen-bond donors (Lipinski definition) is 1. The molecule has 0 aliphatic carbocycles. The molecular formula is C21H16BrCl2FN2O3S. The molecular weight excluding hydrogens is 530 g/mol. The van der Waals surface area contributed by atoms with Crippen molar-refractivity contribution >= 4 is 60.7 Å². The summed E-state index contributed by atoms with van der Waals surface area (Å²) in [5.74, 6) is -1.14. The zero-order valence-electron chi connectivity index (χ0n) is 15.9. The van der Waals surface area contributed by atoms with E-state index in [9.17, 15) is 17.6 Å². The molecule has 10 heteroatoms. The molecule has 0 unspecified atom stereocenters. The van der Waals surface area contributed by atoms with Gasteiger partial charge >= 0.3 is 0 Å². The molecule has 3 aromatic carbocycles. The number of carbonyl (C=O) groups excluding carboxylic acids is 1. The van der Waals surface area contributed by atoms with Crippen LogP contribution in [0.2, 0.25) is 10.0 Å². The van der Waals surface area contributed by atoms with Crippen LogP contribution in [0.1, 0.15) is 5.56 Å². The average Bonchev–Trinajstić information content (AvgIpc) is 2.70. The van der Waals surface area contributed by atoms with Gasteiger partial charge in [-0.15, -0.1) is 0 Å². The number of anilines is 1. The average molecular weight is 546 g/mol. The summed E-state index contributed by atoms with van der Waals surface area (Å²) in [6, 6.07) is 16.1. The van der Waals surface area contributed by atoms with Crippen LogP contribution in [0.4, 0.5) is 10.1 Å². The van der Waals surface area contributed by atoms with Crippen LogP contribution >= 0.6 is 39.1 Å². The van der Waals surface area contributed by atoms with Crippen molar-refractivity contribution in [2.24, 2.45) is 0 Å². The van der Waals surface area contributed by atoms with E-state index in [4.69, 9.17) is 23.2 Å². The Hall–Kier alpha value is -1.97. The third kappa shape index (κ3) is 6.27. The maximum absolute atomic E-state index is 13.4. The van der Waals surface area contributed by atoms with Gasteiger partial charge in [0.1, 0.15) is 5.82 Å². The molecule has 0 aliphatic rings. The first-order valence-electron chi connectivity index (χ1n) is 8.90. The van der Waals surface area contributed by atoms with E-state index < -0.39 is 28.3 Å². The van der Waals surface area contributed by atoms with E-state index >= 15 is 0 Å². The molecule has 162 valence electrons. The van der Waals surface area contributed by atoms with Gasteiger partial charge in [0.05, 0.1) is 21.5 Å². The second-order valence-corrected chi connectivity index (χ2v) is 10.2. The lowest BCUT2D eigenvalue weighted by Gasteiger charge is -2.22. The molecule has 1 N–H and O–H groups in total. The van der Waals surface area contributed by atoms with Crippen molar-refractivity contribution in [1.29, 1.82) is 0 Å². The summed E-state index contributed by atoms with van der Waals surface area (Å²) in [4.78, 5) is 12.6. The molecule has 0 radical (unpaired) electrons. The van der Waals surface area contributed by atoms with E-state index in [-0.39, 0.29) is 22.2 Å². The van der Waals surface area contributed by atoms with Gasteiger partial charge in [-0.2, -0.15) is 4.31 Å². The third-order valence-electron chi connectivity index (χ3n) is 4.22. The predicted molar refractivity (Wildman–Crippen MR) is 123 cm³/mol. The number of nitrogens with one attached hydrogen (secondary N) is 1. The lowest BCUT2D eigenvalue weighted by Crippen LogP contribution is -2.37. The maximum atomic E-state index is 13.4. The number of nitrogens with zero attached hydrogens (tertiary/aromatic N) is 1. The smallest absolute Gasteiger partial charge is 0.243 e. The predicted octanol–water partition coefficient (Wildman–Crippen LogP) is 5.72. The minimum Gasteiger partial charge on any atom is -0.325 e. The van der Waals surface area contributed by atoms with Crippen molar-refractivity contribution in [3.63, 3.8) is 0 Å². The molecule has 3 rings (SSSR count). The fraction of sp³-hybridized carbons (Fsp3) is 0.0952. The number of carbonyl (C=O) groups is 1. The van der Waals surface area contributed by atoms with E-state index in [0.717, 1.165) is 10.4 Å². The Kier molecular flexibility index (Phi) is 7.72. The van der Waals surface area contributed by atoms with Crippen molar-refractivity contribution in [2.75, 3.05) is 11.9 Å². The quantitative estimate of drug-likeness (QED) is 0.412. The monoisotopic (exact) mass is 544 g/mol. The van der Waals surface area contributed by atoms with Gasteiger partial charge in [0.25, 0.3) is 0 Å². The number of halogens is 4. The van der Waals surface area contributed by atoms with Gasteiger partial charge in [0.15, 0.2) is 0 Å². The second-order valence-electron chi connectivity index (χ2n) is 6.53. The molecule has 0 bridgehead atoms. The lowest BCUT2D eigenvalue weighted by molar-refractivity contribution is -0.116. The highest BCUT2D eigenvalue weighted by molar-refractivity contribution is 9.10. The standard InChI is InChI=1S/C21H16BrCl2FN2O3S/c22-15-5-7-18(8-6-15)31(29,30)27(12-14-4-9-19(23)20(24)10-14)13-21(28)26-17-3-1-2-16(25)11-17/h1-11H,12-13H2,(H,26,28). The van der Waals surface area contributed by atoms with Crippen LogP contribution in [0, 0.1) is 5.82 Å². The van der Waals surface area contributed by atoms with Crippen LogP contribution in [0.5, 0.6) is 0 Å². The number of sulfonamides is 1. The summed E-state index contributed by atoms with van der Waals surface area (Å²) in [6.45, 7) is -0.610. The van der Waals surface area contributed by atoms with Gasteiger partial charge in [0, 0.05) is 16.7 Å². The van der Waals surface area contributed by atoms with Gasteiger partial charge in [-0.25, -0.2) is 12.8 Å². The van der Waals surface area contributed by atoms with Gasteiger partial charge in [0.2, 0.25) is 15.9 Å². The van der Waals surface area contributed by atoms with Crippen molar-refractivity contribution in [1.82, 2.24) is 4.31 Å². The van der Waals surface area contributed by atoms with Gasteiger partial charge in [-0.1, -0.05) is 51.3 Å². The van der Waals surface area contributed by atoms with E-state index in [2.05, 4.69) is 21.2 Å². The van der Waals surface area contributed by atoms with E-state index in [1.807, 2.05) is 0 Å². The molecule has 0 aliphatic heterocycles. The number of rotatable bonds is 7. The Bertz CT molecular complexity index is 1210. The largest absolute Gasteiger partial charge is 0.325 e. The van der Waals surface area contributed by atoms with Crippen LogP contribution in [-0.2, 0) is 21.4 Å². The first kappa shape index (κ1) is 23.7. The highest BCUT2D eigenvalue weighted by Gasteiger charge is 2.27. The third-order valence-corrected chi connectivity index (χ3v) is 7.30. The number of benzene rings is 3. The van der Waals surface area contributed by atoms with Crippen molar-refractivity contribution in [2.45, 2.75) is 11.4 Å². The summed E-state index contributed by atoms with van der Waals surface area (Å²) in [6.07, 6.45) is 0. The molecule has 0 saturated heterocycles. The number of amides is 1. The summed E-state index contributed by atoms with van der Waals surface area (Å²) in [5, 5.41) is 3.11. The Morgan fingerprint density at radius 3 is 2.35 bits per heavy atom. The topological polar surface area (TPSA) is 66.5 Å². The first-order valence-corrected chi connectivity index (χ1v) is 11.9. The fourth-order valence-corrected chi connectivity index (χ4v) is 4.72. The van der Waals surface area contributed by atoms with E-state index in [1.165, 1.54) is 30.3 Å². The molecule has 0 fully saturated rings. The van der Waals surface area contributed by atoms with Crippen LogP contribution < -0.4 is 5.32 Å². The minimum absolute atomic E-state index is 0.0225. The van der Waals surface area contributed by atoms with Crippen LogP contribution in [0.25, 0.3) is 0 Å². The number of hydrogen-bond acceptors (Lipinski definition) is 3. The van der Waals surface area contributed by atoms with Gasteiger partial charge in [-0.3, -0.25) is 4.79 Å². The lowest BCUT2D eigenvalue weighted by atomic mass is 10.2. The highest BCUT2D eigenvalue weighted by Crippen LogP contribution is 2.25. The van der Waals surface area contributed by atoms with Crippen molar-refractivity contribution in [3.8, 4) is 0 Å². The molecule has 0 aromatic heterocycles. The van der Waals surface area contributed by atoms with E-state index in [0.29, 0.717) is 15.1 Å². The molecule has 3 aromatic rings. The summed E-state index contributed by atoms with van der Waals surface area (Å²) in [7, 11) is -4.03. The second kappa shape index (κ2) is 10.1. The minimum atomic E-state index is -4.03. The molecule has 5 nitrogen and oxygen atoms in total. The molecule has 0 heterocycles. The Labute approximate surface area is 198 Å².